The lowest BCUT2D eigenvalue weighted by Gasteiger charge is -2.09. The summed E-state index contributed by atoms with van der Waals surface area (Å²) < 4.78 is 7.07. The lowest BCUT2D eigenvalue weighted by Crippen LogP contribution is -1.94. The van der Waals surface area contributed by atoms with Gasteiger partial charge >= 0.3 is 0 Å². The summed E-state index contributed by atoms with van der Waals surface area (Å²) in [5, 5.41) is 10.7. The van der Waals surface area contributed by atoms with Crippen molar-refractivity contribution in [2.24, 2.45) is 0 Å². The normalized spacial score (nSPS) is 10.3. The molecule has 1 heterocycles. The maximum absolute atomic E-state index is 10.7. The highest BCUT2D eigenvalue weighted by molar-refractivity contribution is 9.11. The zero-order valence-corrected chi connectivity index (χ0v) is 12.9. The monoisotopic (exact) mass is 386 g/mol. The largest absolute Gasteiger partial charge is 0.437 e. The molecule has 2 aromatic rings. The van der Waals surface area contributed by atoms with Crippen LogP contribution in [-0.2, 0) is 0 Å². The molecule has 0 unspecified atom stereocenters. The molecule has 0 bridgehead atoms. The van der Waals surface area contributed by atoms with Crippen LogP contribution in [0.3, 0.4) is 0 Å². The van der Waals surface area contributed by atoms with Crippen molar-refractivity contribution in [1.29, 1.82) is 0 Å². The predicted octanol–water partition coefficient (Wildman–Crippen LogP) is 4.62. The lowest BCUT2D eigenvalue weighted by atomic mass is 10.2. The molecule has 2 rings (SSSR count). The van der Waals surface area contributed by atoms with Gasteiger partial charge in [-0.15, -0.1) is 0 Å². The van der Waals surface area contributed by atoms with E-state index < -0.39 is 4.92 Å². The van der Waals surface area contributed by atoms with E-state index in [2.05, 4.69) is 36.8 Å². The van der Waals surface area contributed by atoms with Crippen molar-refractivity contribution in [3.05, 3.63) is 55.1 Å². The first-order chi connectivity index (χ1) is 8.97. The SMILES string of the molecule is Cc1ccc([N+](=O)[O-])cc1Oc1ncc(Br)cc1Br. The van der Waals surface area contributed by atoms with Gasteiger partial charge in [0.15, 0.2) is 0 Å². The van der Waals surface area contributed by atoms with E-state index in [-0.39, 0.29) is 5.69 Å². The van der Waals surface area contributed by atoms with Gasteiger partial charge in [0.25, 0.3) is 5.69 Å². The minimum Gasteiger partial charge on any atom is -0.437 e. The number of hydrogen-bond donors (Lipinski definition) is 0. The molecule has 0 saturated carbocycles. The summed E-state index contributed by atoms with van der Waals surface area (Å²) in [6.07, 6.45) is 1.59. The van der Waals surface area contributed by atoms with Gasteiger partial charge in [-0.1, -0.05) is 0 Å². The Labute approximate surface area is 126 Å². The van der Waals surface area contributed by atoms with Crippen LogP contribution in [0.15, 0.2) is 39.4 Å². The Morgan fingerprint density at radius 1 is 1.32 bits per heavy atom. The van der Waals surface area contributed by atoms with Gasteiger partial charge in [0.1, 0.15) is 5.75 Å². The highest BCUT2D eigenvalue weighted by atomic mass is 79.9. The molecule has 5 nitrogen and oxygen atoms in total. The number of hydrogen-bond acceptors (Lipinski definition) is 4. The average Bonchev–Trinajstić information content (AvgIpc) is 2.34. The Bertz CT molecular complexity index is 647. The van der Waals surface area contributed by atoms with Crippen LogP contribution in [0.4, 0.5) is 5.69 Å². The molecule has 0 aliphatic carbocycles. The standard InChI is InChI=1S/C12H8Br2N2O3/c1-7-2-3-9(16(17)18)5-11(7)19-12-10(14)4-8(13)6-15-12/h2-6H,1H3. The van der Waals surface area contributed by atoms with Gasteiger partial charge in [0.2, 0.25) is 5.88 Å². The van der Waals surface area contributed by atoms with Gasteiger partial charge in [-0.25, -0.2) is 4.98 Å². The van der Waals surface area contributed by atoms with Crippen LogP contribution in [0.5, 0.6) is 11.6 Å². The van der Waals surface area contributed by atoms with Crippen molar-refractivity contribution in [2.45, 2.75) is 6.92 Å². The molecule has 0 amide bonds. The molecular weight excluding hydrogens is 380 g/mol. The number of nitro groups is 1. The number of benzene rings is 1. The van der Waals surface area contributed by atoms with Gasteiger partial charge in [0, 0.05) is 16.7 Å². The second-order valence-corrected chi connectivity index (χ2v) is 5.52. The summed E-state index contributed by atoms with van der Waals surface area (Å²) in [5.41, 5.74) is 0.774. The minimum absolute atomic E-state index is 0.0196. The van der Waals surface area contributed by atoms with Crippen LogP contribution in [0.25, 0.3) is 0 Å². The van der Waals surface area contributed by atoms with Gasteiger partial charge in [-0.05, 0) is 56.5 Å². The van der Waals surface area contributed by atoms with Crippen molar-refractivity contribution in [3.63, 3.8) is 0 Å². The smallest absolute Gasteiger partial charge is 0.273 e. The molecule has 0 radical (unpaired) electrons. The number of non-ortho nitro benzene ring substituents is 1. The van der Waals surface area contributed by atoms with Crippen LogP contribution in [0.2, 0.25) is 0 Å². The van der Waals surface area contributed by atoms with Crippen molar-refractivity contribution in [3.8, 4) is 11.6 Å². The first kappa shape index (κ1) is 14.0. The molecule has 0 N–H and O–H groups in total. The number of halogens is 2. The van der Waals surface area contributed by atoms with Crippen molar-refractivity contribution in [1.82, 2.24) is 4.98 Å². The minimum atomic E-state index is -0.462. The molecule has 0 atom stereocenters. The Hall–Kier alpha value is -1.47. The van der Waals surface area contributed by atoms with Crippen molar-refractivity contribution >= 4 is 37.5 Å². The van der Waals surface area contributed by atoms with Crippen molar-refractivity contribution < 1.29 is 9.66 Å². The molecule has 19 heavy (non-hydrogen) atoms. The molecule has 0 saturated heterocycles. The molecule has 0 fully saturated rings. The van der Waals surface area contributed by atoms with E-state index in [0.29, 0.717) is 16.1 Å². The molecule has 7 heteroatoms. The van der Waals surface area contributed by atoms with Crippen molar-refractivity contribution in [2.75, 3.05) is 0 Å². The summed E-state index contributed by atoms with van der Waals surface area (Å²) in [4.78, 5) is 14.4. The van der Waals surface area contributed by atoms with E-state index in [1.807, 2.05) is 6.92 Å². The van der Waals surface area contributed by atoms with E-state index in [1.54, 1.807) is 18.3 Å². The van der Waals surface area contributed by atoms with Crippen LogP contribution < -0.4 is 4.74 Å². The van der Waals surface area contributed by atoms with E-state index in [1.165, 1.54) is 12.1 Å². The second kappa shape index (κ2) is 5.66. The summed E-state index contributed by atoms with van der Waals surface area (Å²) in [5.74, 6) is 0.761. The molecule has 1 aromatic heterocycles. The van der Waals surface area contributed by atoms with E-state index in [4.69, 9.17) is 4.74 Å². The fourth-order valence-electron chi connectivity index (χ4n) is 1.39. The third-order valence-electron chi connectivity index (χ3n) is 2.36. The topological polar surface area (TPSA) is 65.3 Å². The maximum Gasteiger partial charge on any atom is 0.273 e. The Kier molecular flexibility index (Phi) is 4.16. The number of nitro benzene ring substituents is 1. The highest BCUT2D eigenvalue weighted by Gasteiger charge is 2.12. The number of aromatic nitrogens is 1. The fourth-order valence-corrected chi connectivity index (χ4v) is 2.46. The quantitative estimate of drug-likeness (QED) is 0.569. The summed E-state index contributed by atoms with van der Waals surface area (Å²) >= 11 is 6.61. The van der Waals surface area contributed by atoms with Crippen LogP contribution in [0, 0.1) is 17.0 Å². The predicted molar refractivity (Wildman–Crippen MR) is 77.5 cm³/mol. The summed E-state index contributed by atoms with van der Waals surface area (Å²) in [6, 6.07) is 6.24. The molecule has 98 valence electrons. The molecule has 1 aromatic carbocycles. The molecule has 0 aliphatic rings. The third kappa shape index (κ3) is 3.30. The summed E-state index contributed by atoms with van der Waals surface area (Å²) in [6.45, 7) is 1.81. The number of rotatable bonds is 3. The zero-order valence-electron chi connectivity index (χ0n) is 9.76. The molecule has 0 aliphatic heterocycles. The maximum atomic E-state index is 10.7. The zero-order chi connectivity index (χ0) is 14.0. The number of ether oxygens (including phenoxy) is 1. The first-order valence-electron chi connectivity index (χ1n) is 5.21. The second-order valence-electron chi connectivity index (χ2n) is 3.75. The Balaban J connectivity index is 2.37. The number of pyridine rings is 1. The first-order valence-corrected chi connectivity index (χ1v) is 6.80. The highest BCUT2D eigenvalue weighted by Crippen LogP contribution is 2.32. The molecular formula is C12H8Br2N2O3. The van der Waals surface area contributed by atoms with Crippen LogP contribution in [-0.4, -0.2) is 9.91 Å². The van der Waals surface area contributed by atoms with Crippen LogP contribution in [0.1, 0.15) is 5.56 Å². The molecule has 0 spiro atoms. The summed E-state index contributed by atoms with van der Waals surface area (Å²) in [7, 11) is 0. The fraction of sp³-hybridized carbons (Fsp3) is 0.0833. The number of aryl methyl sites for hydroxylation is 1. The third-order valence-corrected chi connectivity index (χ3v) is 3.37. The average molecular weight is 388 g/mol. The number of nitrogens with zero attached hydrogens (tertiary/aromatic N) is 2. The van der Waals surface area contributed by atoms with E-state index in [0.717, 1.165) is 10.0 Å². The lowest BCUT2D eigenvalue weighted by molar-refractivity contribution is -0.384. The Morgan fingerprint density at radius 3 is 2.68 bits per heavy atom. The van der Waals surface area contributed by atoms with E-state index >= 15 is 0 Å². The van der Waals surface area contributed by atoms with E-state index in [9.17, 15) is 10.1 Å². The van der Waals surface area contributed by atoms with Gasteiger partial charge in [-0.3, -0.25) is 10.1 Å². The van der Waals surface area contributed by atoms with Gasteiger partial charge in [-0.2, -0.15) is 0 Å². The van der Waals surface area contributed by atoms with Gasteiger partial charge < -0.3 is 4.74 Å². The Morgan fingerprint density at radius 2 is 2.05 bits per heavy atom. The van der Waals surface area contributed by atoms with Gasteiger partial charge in [0.05, 0.1) is 15.5 Å². The van der Waals surface area contributed by atoms with Crippen LogP contribution >= 0.6 is 31.9 Å².